The number of aromatic nitrogens is 6. The van der Waals surface area contributed by atoms with Crippen LogP contribution >= 0.6 is 0 Å². The summed E-state index contributed by atoms with van der Waals surface area (Å²) in [4.78, 5) is 23.4. The first kappa shape index (κ1) is 24.0. The number of hydrogen-bond acceptors (Lipinski definition) is 6. The van der Waals surface area contributed by atoms with Crippen LogP contribution in [0.3, 0.4) is 0 Å². The van der Waals surface area contributed by atoms with Crippen LogP contribution in [0.4, 0.5) is 0 Å². The second-order valence-electron chi connectivity index (χ2n) is 8.77. The molecule has 2 aromatic heterocycles. The summed E-state index contributed by atoms with van der Waals surface area (Å²) in [5.41, 5.74) is 3.16. The molecule has 0 atom stereocenters. The van der Waals surface area contributed by atoms with Crippen LogP contribution in [0.2, 0.25) is 0 Å². The van der Waals surface area contributed by atoms with E-state index in [1.165, 1.54) is 7.11 Å². The van der Waals surface area contributed by atoms with E-state index in [-0.39, 0.29) is 0 Å². The highest BCUT2D eigenvalue weighted by molar-refractivity contribution is 5.81. The number of carbonyl (C=O) groups is 1. The van der Waals surface area contributed by atoms with Gasteiger partial charge in [0.1, 0.15) is 0 Å². The molecule has 0 aliphatic heterocycles. The third kappa shape index (κ3) is 4.71. The third-order valence-corrected chi connectivity index (χ3v) is 6.28. The van der Waals surface area contributed by atoms with Crippen LogP contribution in [0.1, 0.15) is 17.6 Å². The van der Waals surface area contributed by atoms with Crippen LogP contribution < -0.4 is 0 Å². The van der Waals surface area contributed by atoms with Gasteiger partial charge in [-0.25, -0.2) is 19.3 Å². The van der Waals surface area contributed by atoms with Gasteiger partial charge in [0.25, 0.3) is 0 Å². The van der Waals surface area contributed by atoms with E-state index >= 15 is 0 Å². The van der Waals surface area contributed by atoms with Gasteiger partial charge < -0.3 is 4.74 Å². The molecule has 39 heavy (non-hydrogen) atoms. The van der Waals surface area contributed by atoms with Crippen molar-refractivity contribution in [2.75, 3.05) is 7.11 Å². The Morgan fingerprint density at radius 3 is 1.31 bits per heavy atom. The largest absolute Gasteiger partial charge is 0.468 e. The van der Waals surface area contributed by atoms with Crippen molar-refractivity contribution in [3.8, 4) is 34.2 Å². The molecule has 4 aromatic carbocycles. The standard InChI is InChI=1S/C31H24N6O2/c1-39-31(38)26(29-32-27(22-14-6-2-7-15-22)34-36(29)24-18-10-4-11-19-24)30-33-28(23-16-8-3-9-17-23)35-37(30)25-20-12-5-13-21-25/h2-21,26H,1H3. The average Bonchev–Trinajstić information content (AvgIpc) is 3.65. The average molecular weight is 513 g/mol. The van der Waals surface area contributed by atoms with Crippen molar-refractivity contribution in [1.29, 1.82) is 0 Å². The molecule has 6 aromatic rings. The first-order valence-electron chi connectivity index (χ1n) is 12.5. The van der Waals surface area contributed by atoms with Gasteiger partial charge in [0, 0.05) is 11.1 Å². The van der Waals surface area contributed by atoms with Gasteiger partial charge in [0.15, 0.2) is 29.2 Å². The number of hydrogen-bond donors (Lipinski definition) is 0. The second-order valence-corrected chi connectivity index (χ2v) is 8.77. The lowest BCUT2D eigenvalue weighted by atomic mass is 10.1. The Bertz CT molecular complexity index is 1580. The Morgan fingerprint density at radius 2 is 0.949 bits per heavy atom. The second kappa shape index (κ2) is 10.5. The molecule has 0 saturated carbocycles. The van der Waals surface area contributed by atoms with E-state index in [4.69, 9.17) is 24.9 Å². The Hall–Kier alpha value is -5.37. The summed E-state index contributed by atoms with van der Waals surface area (Å²) >= 11 is 0. The zero-order valence-electron chi connectivity index (χ0n) is 21.1. The molecule has 0 aliphatic rings. The molecule has 0 bridgehead atoms. The molecule has 2 heterocycles. The summed E-state index contributed by atoms with van der Waals surface area (Å²) in [5.74, 6) is 0.163. The smallest absolute Gasteiger partial charge is 0.324 e. The summed E-state index contributed by atoms with van der Waals surface area (Å²) in [6.45, 7) is 0. The van der Waals surface area contributed by atoms with Crippen LogP contribution in [0, 0.1) is 0 Å². The Balaban J connectivity index is 1.61. The maximum Gasteiger partial charge on any atom is 0.324 e. The lowest BCUT2D eigenvalue weighted by Crippen LogP contribution is -2.23. The normalized spacial score (nSPS) is 11.0. The quantitative estimate of drug-likeness (QED) is 0.263. The van der Waals surface area contributed by atoms with Gasteiger partial charge in [-0.2, -0.15) is 0 Å². The first-order valence-corrected chi connectivity index (χ1v) is 12.5. The summed E-state index contributed by atoms with van der Waals surface area (Å²) in [6, 6.07) is 38.5. The van der Waals surface area contributed by atoms with Crippen molar-refractivity contribution in [1.82, 2.24) is 29.5 Å². The van der Waals surface area contributed by atoms with Gasteiger partial charge in [-0.05, 0) is 24.3 Å². The summed E-state index contributed by atoms with van der Waals surface area (Å²) in [6.07, 6.45) is 0. The first-order chi connectivity index (χ1) is 19.2. The Morgan fingerprint density at radius 1 is 0.590 bits per heavy atom. The van der Waals surface area contributed by atoms with E-state index in [0.29, 0.717) is 23.3 Å². The highest BCUT2D eigenvalue weighted by atomic mass is 16.5. The van der Waals surface area contributed by atoms with Gasteiger partial charge in [-0.1, -0.05) is 97.1 Å². The molecule has 0 spiro atoms. The molecule has 0 amide bonds. The topological polar surface area (TPSA) is 87.7 Å². The molecular weight excluding hydrogens is 488 g/mol. The number of esters is 1. The number of rotatable bonds is 7. The van der Waals surface area contributed by atoms with E-state index in [0.717, 1.165) is 22.5 Å². The Kier molecular flexibility index (Phi) is 6.49. The van der Waals surface area contributed by atoms with Gasteiger partial charge in [-0.15, -0.1) is 10.2 Å². The number of ether oxygens (including phenoxy) is 1. The molecule has 0 N–H and O–H groups in total. The lowest BCUT2D eigenvalue weighted by Gasteiger charge is -2.16. The molecule has 0 aliphatic carbocycles. The molecule has 0 saturated heterocycles. The minimum atomic E-state index is -1.02. The minimum Gasteiger partial charge on any atom is -0.468 e. The van der Waals surface area contributed by atoms with Gasteiger partial charge >= 0.3 is 5.97 Å². The van der Waals surface area contributed by atoms with Gasteiger partial charge in [0.2, 0.25) is 0 Å². The summed E-state index contributed by atoms with van der Waals surface area (Å²) in [5, 5.41) is 9.64. The molecule has 0 fully saturated rings. The van der Waals surface area contributed by atoms with Crippen molar-refractivity contribution >= 4 is 5.97 Å². The molecule has 8 heteroatoms. The monoisotopic (exact) mass is 512 g/mol. The molecular formula is C31H24N6O2. The number of nitrogens with zero attached hydrogens (tertiary/aromatic N) is 6. The highest BCUT2D eigenvalue weighted by Gasteiger charge is 2.36. The van der Waals surface area contributed by atoms with Crippen molar-refractivity contribution in [2.45, 2.75) is 5.92 Å². The molecule has 0 unspecified atom stereocenters. The Labute approximate surface area is 225 Å². The molecule has 8 nitrogen and oxygen atoms in total. The van der Waals surface area contributed by atoms with Crippen LogP contribution in [0.25, 0.3) is 34.2 Å². The maximum atomic E-state index is 13.6. The fourth-order valence-corrected chi connectivity index (χ4v) is 4.40. The van der Waals surface area contributed by atoms with E-state index in [1.54, 1.807) is 9.36 Å². The van der Waals surface area contributed by atoms with Crippen molar-refractivity contribution in [3.63, 3.8) is 0 Å². The van der Waals surface area contributed by atoms with E-state index < -0.39 is 11.9 Å². The molecule has 0 radical (unpaired) electrons. The van der Waals surface area contributed by atoms with E-state index in [9.17, 15) is 4.79 Å². The van der Waals surface area contributed by atoms with Crippen LogP contribution in [-0.4, -0.2) is 42.6 Å². The number of methoxy groups -OCH3 is 1. The third-order valence-electron chi connectivity index (χ3n) is 6.28. The van der Waals surface area contributed by atoms with Gasteiger partial charge in [0.05, 0.1) is 18.5 Å². The SMILES string of the molecule is COC(=O)C(c1nc(-c2ccccc2)nn1-c1ccccc1)c1nc(-c2ccccc2)nn1-c1ccccc1. The maximum absolute atomic E-state index is 13.6. The predicted octanol–water partition coefficient (Wildman–Crippen LogP) is 5.49. The number of para-hydroxylation sites is 2. The minimum absolute atomic E-state index is 0.371. The highest BCUT2D eigenvalue weighted by Crippen LogP contribution is 2.31. The lowest BCUT2D eigenvalue weighted by molar-refractivity contribution is -0.141. The zero-order chi connectivity index (χ0) is 26.6. The van der Waals surface area contributed by atoms with Crippen molar-refractivity contribution in [3.05, 3.63) is 133 Å². The predicted molar refractivity (Wildman–Crippen MR) is 147 cm³/mol. The molecule has 6 rings (SSSR count). The van der Waals surface area contributed by atoms with Crippen LogP contribution in [0.15, 0.2) is 121 Å². The van der Waals surface area contributed by atoms with Crippen molar-refractivity contribution < 1.29 is 9.53 Å². The summed E-state index contributed by atoms with van der Waals surface area (Å²) < 4.78 is 8.69. The number of carbonyl (C=O) groups excluding carboxylic acids is 1. The fourth-order valence-electron chi connectivity index (χ4n) is 4.40. The van der Waals surface area contributed by atoms with Crippen LogP contribution in [-0.2, 0) is 9.53 Å². The van der Waals surface area contributed by atoms with E-state index in [2.05, 4.69) is 0 Å². The zero-order valence-corrected chi connectivity index (χ0v) is 21.1. The number of benzene rings is 4. The van der Waals surface area contributed by atoms with Crippen molar-refractivity contribution in [2.24, 2.45) is 0 Å². The van der Waals surface area contributed by atoms with Crippen LogP contribution in [0.5, 0.6) is 0 Å². The fraction of sp³-hybridized carbons (Fsp3) is 0.0645. The molecule has 190 valence electrons. The van der Waals surface area contributed by atoms with Gasteiger partial charge in [-0.3, -0.25) is 4.79 Å². The van der Waals surface area contributed by atoms with E-state index in [1.807, 2.05) is 121 Å². The summed E-state index contributed by atoms with van der Waals surface area (Å²) in [7, 11) is 1.36.